The number of amides is 2. The van der Waals surface area contributed by atoms with Gasteiger partial charge in [-0.3, -0.25) is 9.59 Å². The van der Waals surface area contributed by atoms with Gasteiger partial charge in [0.05, 0.1) is 18.2 Å². The SMILES string of the molecule is CCN1Cc2cccc(C(=O)Nc3ccc(OC)cc3)c2C1=O. The summed E-state index contributed by atoms with van der Waals surface area (Å²) in [5, 5.41) is 2.83. The summed E-state index contributed by atoms with van der Waals surface area (Å²) in [6.45, 7) is 3.13. The number of nitrogens with one attached hydrogen (secondary N) is 1. The fourth-order valence-corrected chi connectivity index (χ4v) is 2.74. The number of methoxy groups -OCH3 is 1. The van der Waals surface area contributed by atoms with Gasteiger partial charge < -0.3 is 15.0 Å². The van der Waals surface area contributed by atoms with Gasteiger partial charge >= 0.3 is 0 Å². The molecular formula is C18H18N2O3. The van der Waals surface area contributed by atoms with E-state index in [0.717, 1.165) is 11.3 Å². The minimum absolute atomic E-state index is 0.0806. The summed E-state index contributed by atoms with van der Waals surface area (Å²) in [5.41, 5.74) is 2.49. The molecule has 0 atom stereocenters. The van der Waals surface area contributed by atoms with Crippen molar-refractivity contribution in [3.05, 3.63) is 59.2 Å². The van der Waals surface area contributed by atoms with Gasteiger partial charge in [-0.25, -0.2) is 0 Å². The van der Waals surface area contributed by atoms with Crippen LogP contribution in [0.4, 0.5) is 5.69 Å². The van der Waals surface area contributed by atoms with Gasteiger partial charge in [0.2, 0.25) is 0 Å². The summed E-state index contributed by atoms with van der Waals surface area (Å²) in [6.07, 6.45) is 0. The third kappa shape index (κ3) is 2.77. The van der Waals surface area contributed by atoms with E-state index in [1.807, 2.05) is 19.1 Å². The summed E-state index contributed by atoms with van der Waals surface area (Å²) >= 11 is 0. The van der Waals surface area contributed by atoms with E-state index >= 15 is 0 Å². The Morgan fingerprint density at radius 2 is 1.96 bits per heavy atom. The van der Waals surface area contributed by atoms with Gasteiger partial charge in [-0.15, -0.1) is 0 Å². The van der Waals surface area contributed by atoms with Crippen LogP contribution in [0.5, 0.6) is 5.75 Å². The maximum atomic E-state index is 12.6. The van der Waals surface area contributed by atoms with E-state index in [-0.39, 0.29) is 11.8 Å². The molecule has 1 aliphatic heterocycles. The molecule has 1 heterocycles. The molecule has 0 aromatic heterocycles. The lowest BCUT2D eigenvalue weighted by Crippen LogP contribution is -2.24. The lowest BCUT2D eigenvalue weighted by molar-refractivity contribution is 0.0783. The van der Waals surface area contributed by atoms with Crippen LogP contribution in [-0.2, 0) is 6.54 Å². The van der Waals surface area contributed by atoms with Crippen LogP contribution in [0.25, 0.3) is 0 Å². The van der Waals surface area contributed by atoms with Crippen molar-refractivity contribution >= 4 is 17.5 Å². The minimum Gasteiger partial charge on any atom is -0.497 e. The highest BCUT2D eigenvalue weighted by atomic mass is 16.5. The molecule has 1 aliphatic rings. The van der Waals surface area contributed by atoms with Crippen molar-refractivity contribution < 1.29 is 14.3 Å². The van der Waals surface area contributed by atoms with Crippen LogP contribution in [0.2, 0.25) is 0 Å². The maximum Gasteiger partial charge on any atom is 0.256 e. The number of hydrogen-bond acceptors (Lipinski definition) is 3. The molecule has 0 unspecified atom stereocenters. The van der Waals surface area contributed by atoms with Gasteiger partial charge in [0.1, 0.15) is 5.75 Å². The Morgan fingerprint density at radius 3 is 2.61 bits per heavy atom. The Hall–Kier alpha value is -2.82. The molecule has 23 heavy (non-hydrogen) atoms. The molecule has 0 fully saturated rings. The van der Waals surface area contributed by atoms with Crippen LogP contribution in [-0.4, -0.2) is 30.4 Å². The van der Waals surface area contributed by atoms with Crippen molar-refractivity contribution in [2.24, 2.45) is 0 Å². The molecule has 0 radical (unpaired) electrons. The summed E-state index contributed by atoms with van der Waals surface area (Å²) in [4.78, 5) is 26.7. The van der Waals surface area contributed by atoms with E-state index in [1.165, 1.54) is 0 Å². The molecule has 0 spiro atoms. The second kappa shape index (κ2) is 6.12. The second-order valence-electron chi connectivity index (χ2n) is 5.34. The molecule has 1 N–H and O–H groups in total. The third-order valence-electron chi connectivity index (χ3n) is 3.99. The van der Waals surface area contributed by atoms with Gasteiger partial charge in [0.15, 0.2) is 0 Å². The predicted molar refractivity (Wildman–Crippen MR) is 87.8 cm³/mol. The van der Waals surface area contributed by atoms with E-state index in [9.17, 15) is 9.59 Å². The van der Waals surface area contributed by atoms with Crippen LogP contribution in [0.15, 0.2) is 42.5 Å². The first-order chi connectivity index (χ1) is 11.1. The highest BCUT2D eigenvalue weighted by Gasteiger charge is 2.30. The fraction of sp³-hybridized carbons (Fsp3) is 0.222. The number of rotatable bonds is 4. The average Bonchev–Trinajstić information content (AvgIpc) is 2.92. The average molecular weight is 310 g/mol. The fourth-order valence-electron chi connectivity index (χ4n) is 2.74. The molecule has 2 aromatic rings. The first-order valence-electron chi connectivity index (χ1n) is 7.50. The molecule has 118 valence electrons. The van der Waals surface area contributed by atoms with Crippen molar-refractivity contribution in [1.29, 1.82) is 0 Å². The molecule has 5 heteroatoms. The number of ether oxygens (including phenoxy) is 1. The van der Waals surface area contributed by atoms with Gasteiger partial charge in [-0.05, 0) is 42.8 Å². The first-order valence-corrected chi connectivity index (χ1v) is 7.50. The third-order valence-corrected chi connectivity index (χ3v) is 3.99. The number of anilines is 1. The van der Waals surface area contributed by atoms with Gasteiger partial charge in [0, 0.05) is 18.8 Å². The molecule has 0 bridgehead atoms. The minimum atomic E-state index is -0.279. The summed E-state index contributed by atoms with van der Waals surface area (Å²) < 4.78 is 5.09. The van der Waals surface area contributed by atoms with Crippen molar-refractivity contribution in [3.63, 3.8) is 0 Å². The Morgan fingerprint density at radius 1 is 1.22 bits per heavy atom. The van der Waals surface area contributed by atoms with Crippen LogP contribution in [0, 0.1) is 0 Å². The molecule has 5 nitrogen and oxygen atoms in total. The van der Waals surface area contributed by atoms with Crippen LogP contribution in [0.3, 0.4) is 0 Å². The lowest BCUT2D eigenvalue weighted by Gasteiger charge is -2.12. The summed E-state index contributed by atoms with van der Waals surface area (Å²) in [6, 6.07) is 12.5. The predicted octanol–water partition coefficient (Wildman–Crippen LogP) is 2.92. The number of carbonyl (C=O) groups excluding carboxylic acids is 2. The number of hydrogen-bond donors (Lipinski definition) is 1. The van der Waals surface area contributed by atoms with Crippen LogP contribution < -0.4 is 10.1 Å². The standard InChI is InChI=1S/C18H18N2O3/c1-3-20-11-12-5-4-6-15(16(12)18(20)22)17(21)19-13-7-9-14(23-2)10-8-13/h4-10H,3,11H2,1-2H3,(H,19,21). The van der Waals surface area contributed by atoms with Crippen molar-refractivity contribution in [1.82, 2.24) is 4.90 Å². The first kappa shape index (κ1) is 15.1. The second-order valence-corrected chi connectivity index (χ2v) is 5.34. The molecule has 0 aliphatic carbocycles. The normalized spacial score (nSPS) is 13.0. The van der Waals surface area contributed by atoms with Crippen LogP contribution in [0.1, 0.15) is 33.2 Å². The van der Waals surface area contributed by atoms with E-state index in [4.69, 9.17) is 4.74 Å². The van der Waals surface area contributed by atoms with Crippen LogP contribution >= 0.6 is 0 Å². The van der Waals surface area contributed by atoms with Crippen molar-refractivity contribution in [3.8, 4) is 5.75 Å². The monoisotopic (exact) mass is 310 g/mol. The zero-order valence-corrected chi connectivity index (χ0v) is 13.1. The quantitative estimate of drug-likeness (QED) is 0.944. The summed E-state index contributed by atoms with van der Waals surface area (Å²) in [5.74, 6) is 0.360. The maximum absolute atomic E-state index is 12.6. The zero-order valence-electron chi connectivity index (χ0n) is 13.1. The highest BCUT2D eigenvalue weighted by Crippen LogP contribution is 2.26. The Kier molecular flexibility index (Phi) is 4.02. The van der Waals surface area contributed by atoms with Gasteiger partial charge in [-0.2, -0.15) is 0 Å². The van der Waals surface area contributed by atoms with E-state index in [1.54, 1.807) is 42.3 Å². The summed E-state index contributed by atoms with van der Waals surface area (Å²) in [7, 11) is 1.59. The van der Waals surface area contributed by atoms with E-state index in [2.05, 4.69) is 5.32 Å². The Balaban J connectivity index is 1.86. The Labute approximate surface area is 134 Å². The number of nitrogens with zero attached hydrogens (tertiary/aromatic N) is 1. The molecule has 2 aromatic carbocycles. The van der Waals surface area contributed by atoms with E-state index < -0.39 is 0 Å². The van der Waals surface area contributed by atoms with E-state index in [0.29, 0.717) is 29.9 Å². The lowest BCUT2D eigenvalue weighted by atomic mass is 10.0. The van der Waals surface area contributed by atoms with Crippen molar-refractivity contribution in [2.45, 2.75) is 13.5 Å². The molecular weight excluding hydrogens is 292 g/mol. The number of fused-ring (bicyclic) bond motifs is 1. The van der Waals surface area contributed by atoms with Crippen molar-refractivity contribution in [2.75, 3.05) is 19.0 Å². The highest BCUT2D eigenvalue weighted by molar-refractivity contribution is 6.13. The molecule has 2 amide bonds. The Bertz CT molecular complexity index is 753. The molecule has 0 saturated carbocycles. The number of carbonyl (C=O) groups is 2. The zero-order chi connectivity index (χ0) is 16.4. The molecule has 0 saturated heterocycles. The topological polar surface area (TPSA) is 58.6 Å². The van der Waals surface area contributed by atoms with Gasteiger partial charge in [-0.1, -0.05) is 12.1 Å². The molecule has 3 rings (SSSR count). The van der Waals surface area contributed by atoms with Gasteiger partial charge in [0.25, 0.3) is 11.8 Å². The largest absolute Gasteiger partial charge is 0.497 e. The number of benzene rings is 2. The smallest absolute Gasteiger partial charge is 0.256 e.